The maximum absolute atomic E-state index is 13.3. The van der Waals surface area contributed by atoms with E-state index in [9.17, 15) is 44.2 Å². The molecule has 5 N–H and O–H groups in total. The van der Waals surface area contributed by atoms with Gasteiger partial charge in [-0.05, 0) is 35.4 Å². The number of thiazole rings is 1. The molecule has 0 radical (unpaired) electrons. The van der Waals surface area contributed by atoms with Crippen molar-refractivity contribution in [3.8, 4) is 0 Å². The van der Waals surface area contributed by atoms with Crippen molar-refractivity contribution in [3.63, 3.8) is 0 Å². The molecule has 268 valence electrons. The highest BCUT2D eigenvalue weighted by atomic mass is 32.1. The Labute approximate surface area is 289 Å². The topological polar surface area (TPSA) is 310 Å². The number of β-lactam (4-membered cyclic amide) rings is 1. The van der Waals surface area contributed by atoms with Crippen molar-refractivity contribution in [1.82, 2.24) is 15.4 Å². The van der Waals surface area contributed by atoms with Gasteiger partial charge in [-0.25, -0.2) is 24.4 Å². The molecule has 1 aliphatic rings. The summed E-state index contributed by atoms with van der Waals surface area (Å²) in [6, 6.07) is 7.88. The summed E-state index contributed by atoms with van der Waals surface area (Å²) >= 11 is 0.942. The Kier molecular flexibility index (Phi) is 12.4. The number of nitrogens with zero attached hydrogens (tertiary/aromatic N) is 5. The molecule has 2 atom stereocenters. The molecule has 2 aromatic carbocycles. The number of non-ortho nitro benzene ring substituents is 2. The number of hydrogen-bond donors (Lipinski definition) is 3. The minimum absolute atomic E-state index is 0.0421. The second-order valence-electron chi connectivity index (χ2n) is 10.0. The number of nitrogen functional groups attached to an aromatic ring is 1. The zero-order valence-corrected chi connectivity index (χ0v) is 26.7. The fourth-order valence-corrected chi connectivity index (χ4v) is 4.64. The molecule has 1 saturated heterocycles. The minimum Gasteiger partial charge on any atom is -0.459 e. The monoisotopic (exact) mass is 730 g/mol. The molecule has 1 aromatic heterocycles. The van der Waals surface area contributed by atoms with Crippen LogP contribution in [0.1, 0.15) is 16.8 Å². The fraction of sp³-hybridized carbons (Fsp3) is 0.250. The Balaban J connectivity index is 1.34. The zero-order valence-electron chi connectivity index (χ0n) is 25.9. The molecule has 1 fully saturated rings. The largest absolute Gasteiger partial charge is 0.459 e. The maximum atomic E-state index is 13.3. The molecular formula is C28H26N8O14S. The molecule has 0 spiro atoms. The van der Waals surface area contributed by atoms with E-state index in [0.29, 0.717) is 16.2 Å². The first-order valence-corrected chi connectivity index (χ1v) is 15.1. The number of oxime groups is 1. The summed E-state index contributed by atoms with van der Waals surface area (Å²) in [6.45, 7) is -2.64. The van der Waals surface area contributed by atoms with Crippen LogP contribution in [-0.4, -0.2) is 87.4 Å². The van der Waals surface area contributed by atoms with Gasteiger partial charge in [-0.1, -0.05) is 5.16 Å². The highest BCUT2D eigenvalue weighted by molar-refractivity contribution is 7.13. The molecule has 22 nitrogen and oxygen atoms in total. The Hall–Kier alpha value is -6.75. The second kappa shape index (κ2) is 17.1. The average molecular weight is 731 g/mol. The lowest BCUT2D eigenvalue weighted by atomic mass is 9.98. The second-order valence-corrected chi connectivity index (χ2v) is 10.9. The number of primary amides is 1. The van der Waals surface area contributed by atoms with Gasteiger partial charge in [0, 0.05) is 29.6 Å². The van der Waals surface area contributed by atoms with Gasteiger partial charge in [0.1, 0.15) is 37.6 Å². The molecule has 4 rings (SSSR count). The number of hydroxylamine groups is 2. The number of aromatic nitrogens is 1. The van der Waals surface area contributed by atoms with Crippen LogP contribution in [0.2, 0.25) is 0 Å². The van der Waals surface area contributed by atoms with E-state index >= 15 is 0 Å². The highest BCUT2D eigenvalue weighted by Gasteiger charge is 2.51. The Morgan fingerprint density at radius 2 is 1.45 bits per heavy atom. The molecule has 0 saturated carbocycles. The molecule has 0 unspecified atom stereocenters. The van der Waals surface area contributed by atoms with Crippen LogP contribution >= 0.6 is 11.3 Å². The number of nitro groups is 2. The first-order chi connectivity index (χ1) is 24.3. The van der Waals surface area contributed by atoms with Crippen LogP contribution in [0, 0.1) is 20.2 Å². The van der Waals surface area contributed by atoms with E-state index in [1.54, 1.807) is 0 Å². The quantitative estimate of drug-likeness (QED) is 0.0424. The van der Waals surface area contributed by atoms with Crippen LogP contribution < -0.4 is 16.8 Å². The van der Waals surface area contributed by atoms with Crippen LogP contribution in [0.4, 0.5) is 21.3 Å². The van der Waals surface area contributed by atoms with Crippen LogP contribution in [0.15, 0.2) is 59.1 Å². The normalized spacial score (nSPS) is 15.3. The lowest BCUT2D eigenvalue weighted by Gasteiger charge is -2.44. The van der Waals surface area contributed by atoms with Crippen molar-refractivity contribution in [3.05, 3.63) is 91.0 Å². The van der Waals surface area contributed by atoms with Crippen molar-refractivity contribution >= 4 is 63.4 Å². The van der Waals surface area contributed by atoms with Gasteiger partial charge in [-0.15, -0.1) is 11.3 Å². The summed E-state index contributed by atoms with van der Waals surface area (Å²) in [5.41, 5.74) is 10.7. The van der Waals surface area contributed by atoms with Gasteiger partial charge in [0.15, 0.2) is 17.5 Å². The van der Waals surface area contributed by atoms with Crippen molar-refractivity contribution in [1.29, 1.82) is 0 Å². The third-order valence-corrected chi connectivity index (χ3v) is 7.26. The molecule has 23 heteroatoms. The lowest BCUT2D eigenvalue weighted by molar-refractivity contribution is -0.385. The fourth-order valence-electron chi connectivity index (χ4n) is 4.09. The summed E-state index contributed by atoms with van der Waals surface area (Å²) in [4.78, 5) is 96.5. The van der Waals surface area contributed by atoms with Crippen LogP contribution in [0.3, 0.4) is 0 Å². The maximum Gasteiger partial charge on any atom is 0.404 e. The number of carbonyl (C=O) groups is 5. The summed E-state index contributed by atoms with van der Waals surface area (Å²) < 4.78 is 14.9. The molecule has 2 heterocycles. The van der Waals surface area contributed by atoms with Gasteiger partial charge >= 0.3 is 18.0 Å². The van der Waals surface area contributed by atoms with Gasteiger partial charge in [0.2, 0.25) is 6.61 Å². The number of amides is 3. The summed E-state index contributed by atoms with van der Waals surface area (Å²) in [7, 11) is 0. The number of nitro benzene ring substituents is 2. The Bertz CT molecular complexity index is 1830. The van der Waals surface area contributed by atoms with Gasteiger partial charge in [0.25, 0.3) is 23.2 Å². The van der Waals surface area contributed by atoms with Gasteiger partial charge in [-0.2, -0.15) is 0 Å². The summed E-state index contributed by atoms with van der Waals surface area (Å²) in [5.74, 6) is -3.75. The predicted octanol–water partition coefficient (Wildman–Crippen LogP) is 0.472. The number of nitrogens with two attached hydrogens (primary N) is 2. The summed E-state index contributed by atoms with van der Waals surface area (Å²) in [5, 5.41) is 29.7. The number of nitrogens with one attached hydrogen (secondary N) is 1. The average Bonchev–Trinajstić information content (AvgIpc) is 3.54. The van der Waals surface area contributed by atoms with Gasteiger partial charge in [0.05, 0.1) is 9.85 Å². The number of anilines is 1. The van der Waals surface area contributed by atoms with E-state index < -0.39 is 77.3 Å². The van der Waals surface area contributed by atoms with Gasteiger partial charge < -0.3 is 35.8 Å². The molecule has 1 aliphatic heterocycles. The Morgan fingerprint density at radius 1 is 0.902 bits per heavy atom. The standard InChI is InChI=1S/C28H26N8O14S/c29-27-31-19(14-51-27)23(33-49-12-21(37)46-9-15-1-5-17(6-2-15)35(42)43)25(39)32-24-20(11-48-28(30)41)34(26(24)40)50-13-22(38)47-10-16-3-7-18(8-4-16)36(44)45/h1-8,14,20,24H,9-13H2,(H2,29,31)(H2,30,41)(H,32,39)/b33-23-/t20-,24-/m0/s1. The Morgan fingerprint density at radius 3 is 1.94 bits per heavy atom. The van der Waals surface area contributed by atoms with E-state index in [2.05, 4.69) is 15.5 Å². The molecule has 0 aliphatic carbocycles. The lowest BCUT2D eigenvalue weighted by Crippen LogP contribution is -2.72. The van der Waals surface area contributed by atoms with Crippen LogP contribution in [0.5, 0.6) is 0 Å². The number of benzene rings is 2. The molecule has 51 heavy (non-hydrogen) atoms. The number of rotatable bonds is 17. The van der Waals surface area contributed by atoms with Crippen LogP contribution in [0.25, 0.3) is 0 Å². The first-order valence-electron chi connectivity index (χ1n) is 14.2. The van der Waals surface area contributed by atoms with E-state index in [1.165, 1.54) is 53.9 Å². The van der Waals surface area contributed by atoms with Crippen molar-refractivity contribution < 1.29 is 57.7 Å². The van der Waals surface area contributed by atoms with E-state index in [-0.39, 0.29) is 35.4 Å². The van der Waals surface area contributed by atoms with Crippen molar-refractivity contribution in [2.45, 2.75) is 25.3 Å². The molecule has 0 bridgehead atoms. The summed E-state index contributed by atoms with van der Waals surface area (Å²) in [6.07, 6.45) is -1.21. The van der Waals surface area contributed by atoms with Crippen molar-refractivity contribution in [2.75, 3.05) is 25.6 Å². The molecule has 3 aromatic rings. The van der Waals surface area contributed by atoms with Gasteiger partial charge in [-0.3, -0.25) is 34.7 Å². The number of carbonyl (C=O) groups excluding carboxylic acids is 5. The zero-order chi connectivity index (χ0) is 37.1. The first kappa shape index (κ1) is 37.1. The third kappa shape index (κ3) is 10.4. The molecular weight excluding hydrogens is 704 g/mol. The number of ether oxygens (including phenoxy) is 3. The van der Waals surface area contributed by atoms with Crippen LogP contribution in [-0.2, 0) is 56.3 Å². The minimum atomic E-state index is -1.40. The van der Waals surface area contributed by atoms with E-state index in [4.69, 9.17) is 35.4 Å². The predicted molar refractivity (Wildman–Crippen MR) is 169 cm³/mol. The van der Waals surface area contributed by atoms with E-state index in [1.807, 2.05) is 0 Å². The highest BCUT2D eigenvalue weighted by Crippen LogP contribution is 2.22. The van der Waals surface area contributed by atoms with E-state index in [0.717, 1.165) is 11.3 Å². The third-order valence-electron chi connectivity index (χ3n) is 6.59. The number of hydrogen-bond acceptors (Lipinski definition) is 18. The SMILES string of the molecule is NC(=O)OC[C@H]1[C@H](NC(=O)/C(=N\OCC(=O)OCc2ccc([N+](=O)[O-])cc2)c2csc(N)n2)C(=O)N1OCC(=O)OCc1ccc([N+](=O)[O-])cc1. The smallest absolute Gasteiger partial charge is 0.404 e. The molecule has 3 amide bonds. The number of esters is 2. The van der Waals surface area contributed by atoms with Crippen molar-refractivity contribution in [2.24, 2.45) is 10.9 Å².